The summed E-state index contributed by atoms with van der Waals surface area (Å²) in [6.45, 7) is 1.50. The van der Waals surface area contributed by atoms with E-state index >= 15 is 0 Å². The predicted molar refractivity (Wildman–Crippen MR) is 73.8 cm³/mol. The molecule has 0 amide bonds. The first-order valence-corrected chi connectivity index (χ1v) is 7.20. The van der Waals surface area contributed by atoms with Gasteiger partial charge in [-0.1, -0.05) is 34.8 Å². The van der Waals surface area contributed by atoms with Crippen molar-refractivity contribution in [3.8, 4) is 0 Å². The topological polar surface area (TPSA) is 32.3 Å². The molecule has 1 fully saturated rings. The van der Waals surface area contributed by atoms with E-state index in [0.29, 0.717) is 12.1 Å². The number of aliphatic hydroxyl groups is 1. The van der Waals surface area contributed by atoms with Gasteiger partial charge in [0.15, 0.2) is 0 Å². The number of hydrogen-bond donors (Lipinski definition) is 2. The molecule has 0 aromatic heterocycles. The lowest BCUT2D eigenvalue weighted by Gasteiger charge is -2.26. The fourth-order valence-electron chi connectivity index (χ4n) is 2.64. The Morgan fingerprint density at radius 1 is 1.33 bits per heavy atom. The van der Waals surface area contributed by atoms with Crippen LogP contribution in [0.2, 0.25) is 0 Å². The molecule has 2 nitrogen and oxygen atoms in total. The van der Waals surface area contributed by atoms with Gasteiger partial charge in [0.25, 0.3) is 0 Å². The molecule has 0 saturated heterocycles. The molecular weight excluding hydrogens is 297 g/mol. The van der Waals surface area contributed by atoms with E-state index in [9.17, 15) is 9.50 Å². The second-order valence-electron chi connectivity index (χ2n) is 5.20. The zero-order chi connectivity index (χ0) is 13.0. The van der Waals surface area contributed by atoms with Gasteiger partial charge in [0.05, 0.1) is 0 Å². The number of rotatable bonds is 5. The number of halogens is 2. The van der Waals surface area contributed by atoms with Crippen LogP contribution in [0.25, 0.3) is 0 Å². The number of nitrogens with one attached hydrogen (secondary N) is 1. The summed E-state index contributed by atoms with van der Waals surface area (Å²) in [7, 11) is 0. The maximum atomic E-state index is 13.6. The Kier molecular flexibility index (Phi) is 4.76. The molecule has 18 heavy (non-hydrogen) atoms. The summed E-state index contributed by atoms with van der Waals surface area (Å²) >= 11 is 3.24. The molecule has 1 aliphatic rings. The maximum Gasteiger partial charge on any atom is 0.128 e. The lowest BCUT2D eigenvalue weighted by Crippen LogP contribution is -2.35. The Balaban J connectivity index is 1.88. The average molecular weight is 316 g/mol. The molecule has 1 aliphatic carbocycles. The fraction of sp³-hybridized carbons (Fsp3) is 0.571. The highest BCUT2D eigenvalue weighted by atomic mass is 79.9. The standard InChI is InChI=1S/C14H19BrFNO/c15-12-4-3-11(13(16)7-12)8-17-9-14(10-18)5-1-2-6-14/h3-4,7,17-18H,1-2,5-6,8-10H2. The third-order valence-corrected chi connectivity index (χ3v) is 4.32. The van der Waals surface area contributed by atoms with Gasteiger partial charge in [0, 0.05) is 35.1 Å². The van der Waals surface area contributed by atoms with Gasteiger partial charge in [0.1, 0.15) is 5.82 Å². The minimum atomic E-state index is -0.193. The minimum absolute atomic E-state index is 0.0197. The van der Waals surface area contributed by atoms with Crippen LogP contribution < -0.4 is 5.32 Å². The zero-order valence-electron chi connectivity index (χ0n) is 10.4. The van der Waals surface area contributed by atoms with Gasteiger partial charge >= 0.3 is 0 Å². The van der Waals surface area contributed by atoms with E-state index < -0.39 is 0 Å². The Morgan fingerprint density at radius 2 is 2.06 bits per heavy atom. The molecule has 2 N–H and O–H groups in total. The van der Waals surface area contributed by atoms with Gasteiger partial charge in [-0.15, -0.1) is 0 Å². The number of benzene rings is 1. The summed E-state index contributed by atoms with van der Waals surface area (Å²) < 4.78 is 14.4. The highest BCUT2D eigenvalue weighted by Crippen LogP contribution is 2.36. The van der Waals surface area contributed by atoms with Crippen LogP contribution in [0.4, 0.5) is 4.39 Å². The van der Waals surface area contributed by atoms with E-state index in [2.05, 4.69) is 21.2 Å². The fourth-order valence-corrected chi connectivity index (χ4v) is 2.98. The summed E-state index contributed by atoms with van der Waals surface area (Å²) in [5.41, 5.74) is 0.690. The van der Waals surface area contributed by atoms with Crippen LogP contribution in [0, 0.1) is 11.2 Å². The molecule has 0 heterocycles. The lowest BCUT2D eigenvalue weighted by molar-refractivity contribution is 0.128. The van der Waals surface area contributed by atoms with Crippen LogP contribution in [-0.4, -0.2) is 18.3 Å². The first kappa shape index (κ1) is 14.0. The molecule has 100 valence electrons. The van der Waals surface area contributed by atoms with E-state index in [1.54, 1.807) is 6.07 Å². The molecule has 0 aliphatic heterocycles. The second-order valence-corrected chi connectivity index (χ2v) is 6.12. The smallest absolute Gasteiger partial charge is 0.128 e. The van der Waals surface area contributed by atoms with Gasteiger partial charge in [-0.25, -0.2) is 4.39 Å². The molecule has 4 heteroatoms. The molecule has 0 atom stereocenters. The maximum absolute atomic E-state index is 13.6. The van der Waals surface area contributed by atoms with Crippen molar-refractivity contribution in [3.63, 3.8) is 0 Å². The number of aliphatic hydroxyl groups excluding tert-OH is 1. The predicted octanol–water partition coefficient (Wildman–Crippen LogP) is 3.23. The molecule has 0 unspecified atom stereocenters. The minimum Gasteiger partial charge on any atom is -0.396 e. The van der Waals surface area contributed by atoms with E-state index in [1.165, 1.54) is 18.9 Å². The SMILES string of the molecule is OCC1(CNCc2ccc(Br)cc2F)CCCC1. The van der Waals surface area contributed by atoms with Crippen molar-refractivity contribution in [1.82, 2.24) is 5.32 Å². The van der Waals surface area contributed by atoms with E-state index in [0.717, 1.165) is 23.9 Å². The largest absolute Gasteiger partial charge is 0.396 e. The normalized spacial score (nSPS) is 18.2. The Morgan fingerprint density at radius 3 is 2.67 bits per heavy atom. The van der Waals surface area contributed by atoms with Crippen LogP contribution >= 0.6 is 15.9 Å². The summed E-state index contributed by atoms with van der Waals surface area (Å²) in [4.78, 5) is 0. The van der Waals surface area contributed by atoms with Gasteiger partial charge in [0.2, 0.25) is 0 Å². The lowest BCUT2D eigenvalue weighted by atomic mass is 9.87. The number of hydrogen-bond acceptors (Lipinski definition) is 2. The summed E-state index contributed by atoms with van der Waals surface area (Å²) in [6.07, 6.45) is 4.52. The quantitative estimate of drug-likeness (QED) is 0.874. The third kappa shape index (κ3) is 3.31. The summed E-state index contributed by atoms with van der Waals surface area (Å²) in [5, 5.41) is 12.8. The highest BCUT2D eigenvalue weighted by Gasteiger charge is 2.32. The van der Waals surface area contributed by atoms with Crippen molar-refractivity contribution in [3.05, 3.63) is 34.1 Å². The molecular formula is C14H19BrFNO. The molecule has 0 bridgehead atoms. The first-order valence-electron chi connectivity index (χ1n) is 6.41. The van der Waals surface area contributed by atoms with Crippen LogP contribution in [0.5, 0.6) is 0 Å². The highest BCUT2D eigenvalue weighted by molar-refractivity contribution is 9.10. The van der Waals surface area contributed by atoms with Crippen molar-refractivity contribution < 1.29 is 9.50 Å². The molecule has 1 saturated carbocycles. The van der Waals surface area contributed by atoms with E-state index in [4.69, 9.17) is 0 Å². The Hall–Kier alpha value is -0.450. The molecule has 1 aromatic rings. The molecule has 0 radical (unpaired) electrons. The monoisotopic (exact) mass is 315 g/mol. The Labute approximate surface area is 116 Å². The molecule has 2 rings (SSSR count). The second kappa shape index (κ2) is 6.13. The zero-order valence-corrected chi connectivity index (χ0v) is 12.0. The first-order chi connectivity index (χ1) is 8.65. The van der Waals surface area contributed by atoms with Crippen molar-refractivity contribution in [1.29, 1.82) is 0 Å². The van der Waals surface area contributed by atoms with Crippen LogP contribution in [0.1, 0.15) is 31.2 Å². The van der Waals surface area contributed by atoms with Crippen molar-refractivity contribution in [2.24, 2.45) is 5.41 Å². The van der Waals surface area contributed by atoms with Crippen LogP contribution in [0.3, 0.4) is 0 Å². The third-order valence-electron chi connectivity index (χ3n) is 3.83. The summed E-state index contributed by atoms with van der Waals surface area (Å²) in [5.74, 6) is -0.193. The van der Waals surface area contributed by atoms with Crippen molar-refractivity contribution in [2.45, 2.75) is 32.2 Å². The molecule has 1 aromatic carbocycles. The van der Waals surface area contributed by atoms with Gasteiger partial charge in [-0.05, 0) is 25.0 Å². The Bertz CT molecular complexity index is 405. The van der Waals surface area contributed by atoms with E-state index in [1.807, 2.05) is 6.07 Å². The molecule has 0 spiro atoms. The van der Waals surface area contributed by atoms with Gasteiger partial charge in [-0.3, -0.25) is 0 Å². The van der Waals surface area contributed by atoms with Crippen LogP contribution in [-0.2, 0) is 6.54 Å². The van der Waals surface area contributed by atoms with Crippen molar-refractivity contribution in [2.75, 3.05) is 13.2 Å². The van der Waals surface area contributed by atoms with Crippen molar-refractivity contribution >= 4 is 15.9 Å². The van der Waals surface area contributed by atoms with E-state index in [-0.39, 0.29) is 17.8 Å². The van der Waals surface area contributed by atoms with Gasteiger partial charge in [-0.2, -0.15) is 0 Å². The summed E-state index contributed by atoms with van der Waals surface area (Å²) in [6, 6.07) is 5.11. The van der Waals surface area contributed by atoms with Gasteiger partial charge < -0.3 is 10.4 Å². The van der Waals surface area contributed by atoms with Crippen LogP contribution in [0.15, 0.2) is 22.7 Å². The average Bonchev–Trinajstić information content (AvgIpc) is 2.81.